The summed E-state index contributed by atoms with van der Waals surface area (Å²) in [4.78, 5) is 24.7. The Balaban J connectivity index is 2.73. The Bertz CT molecular complexity index is 322. The first-order valence-electron chi connectivity index (χ1n) is 6.36. The fourth-order valence-corrected chi connectivity index (χ4v) is 2.46. The van der Waals surface area contributed by atoms with E-state index in [0.29, 0.717) is 12.8 Å². The van der Waals surface area contributed by atoms with Crippen molar-refractivity contribution in [2.75, 3.05) is 0 Å². The number of piperidine rings is 1. The van der Waals surface area contributed by atoms with Crippen LogP contribution in [0.3, 0.4) is 0 Å². The first-order chi connectivity index (χ1) is 8.11. The normalized spacial score (nSPS) is 28.9. The Labute approximate surface area is 108 Å². The van der Waals surface area contributed by atoms with Crippen molar-refractivity contribution >= 4 is 12.1 Å². The number of hydrogen-bond acceptors (Lipinski definition) is 3. The molecule has 0 spiro atoms. The van der Waals surface area contributed by atoms with Crippen LogP contribution in [0.4, 0.5) is 4.79 Å². The van der Waals surface area contributed by atoms with Gasteiger partial charge in [0.1, 0.15) is 5.60 Å². The minimum Gasteiger partial charge on any atom is -0.481 e. The molecule has 0 aromatic rings. The fourth-order valence-electron chi connectivity index (χ4n) is 2.46. The van der Waals surface area contributed by atoms with Crippen LogP contribution in [0.15, 0.2) is 0 Å². The molecule has 5 heteroatoms. The van der Waals surface area contributed by atoms with Crippen molar-refractivity contribution in [3.05, 3.63) is 0 Å². The topological polar surface area (TPSA) is 66.8 Å². The molecule has 1 N–H and O–H groups in total. The lowest BCUT2D eigenvalue weighted by Crippen LogP contribution is -2.52. The molecule has 0 aromatic carbocycles. The number of nitrogens with zero attached hydrogens (tertiary/aromatic N) is 1. The second kappa shape index (κ2) is 5.16. The van der Waals surface area contributed by atoms with E-state index in [4.69, 9.17) is 9.84 Å². The SMILES string of the molecule is CC1CC(C(=O)O)C[C@H](C)N1C(=O)OC(C)(C)C. The monoisotopic (exact) mass is 257 g/mol. The Kier molecular flexibility index (Phi) is 4.24. The molecule has 0 bridgehead atoms. The number of amides is 1. The maximum Gasteiger partial charge on any atom is 0.410 e. The van der Waals surface area contributed by atoms with Crippen LogP contribution >= 0.6 is 0 Å². The summed E-state index contributed by atoms with van der Waals surface area (Å²) in [7, 11) is 0. The summed E-state index contributed by atoms with van der Waals surface area (Å²) in [6.45, 7) is 9.21. The molecule has 0 aromatic heterocycles. The number of ether oxygens (including phenoxy) is 1. The summed E-state index contributed by atoms with van der Waals surface area (Å²) in [5, 5.41) is 9.05. The smallest absolute Gasteiger partial charge is 0.410 e. The van der Waals surface area contributed by atoms with E-state index in [0.717, 1.165) is 0 Å². The number of aliphatic carboxylic acids is 1. The van der Waals surface area contributed by atoms with Crippen molar-refractivity contribution in [1.29, 1.82) is 0 Å². The van der Waals surface area contributed by atoms with Crippen molar-refractivity contribution in [2.45, 2.75) is 65.1 Å². The van der Waals surface area contributed by atoms with Gasteiger partial charge in [-0.15, -0.1) is 0 Å². The van der Waals surface area contributed by atoms with E-state index in [1.807, 2.05) is 34.6 Å². The maximum absolute atomic E-state index is 12.1. The van der Waals surface area contributed by atoms with Crippen LogP contribution in [0, 0.1) is 5.92 Å². The molecule has 0 radical (unpaired) electrons. The molecule has 1 heterocycles. The number of carboxylic acid groups (broad SMARTS) is 1. The molecule has 0 saturated carbocycles. The van der Waals surface area contributed by atoms with Crippen molar-refractivity contribution in [1.82, 2.24) is 4.90 Å². The van der Waals surface area contributed by atoms with E-state index in [9.17, 15) is 9.59 Å². The van der Waals surface area contributed by atoms with Gasteiger partial charge in [0.15, 0.2) is 0 Å². The van der Waals surface area contributed by atoms with Crippen LogP contribution in [0.25, 0.3) is 0 Å². The molecule has 1 rings (SSSR count). The highest BCUT2D eigenvalue weighted by molar-refractivity contribution is 5.72. The molecule has 2 unspecified atom stereocenters. The van der Waals surface area contributed by atoms with Gasteiger partial charge in [-0.05, 0) is 47.5 Å². The average molecular weight is 257 g/mol. The zero-order valence-corrected chi connectivity index (χ0v) is 11.8. The van der Waals surface area contributed by atoms with Crippen molar-refractivity contribution in [3.8, 4) is 0 Å². The highest BCUT2D eigenvalue weighted by Crippen LogP contribution is 2.29. The first kappa shape index (κ1) is 14.8. The van der Waals surface area contributed by atoms with Gasteiger partial charge in [0.25, 0.3) is 0 Å². The van der Waals surface area contributed by atoms with Gasteiger partial charge in [0.05, 0.1) is 5.92 Å². The highest BCUT2D eigenvalue weighted by Gasteiger charge is 2.38. The third kappa shape index (κ3) is 3.62. The second-order valence-electron chi connectivity index (χ2n) is 6.09. The number of carboxylic acids is 1. The average Bonchev–Trinajstić information content (AvgIpc) is 2.12. The van der Waals surface area contributed by atoms with E-state index in [-0.39, 0.29) is 24.1 Å². The van der Waals surface area contributed by atoms with Crippen molar-refractivity contribution in [2.24, 2.45) is 5.92 Å². The summed E-state index contributed by atoms with van der Waals surface area (Å²) in [6.07, 6.45) is 0.615. The lowest BCUT2D eigenvalue weighted by molar-refractivity contribution is -0.144. The van der Waals surface area contributed by atoms with Gasteiger partial charge < -0.3 is 14.7 Å². The summed E-state index contributed by atoms with van der Waals surface area (Å²) >= 11 is 0. The molecule has 1 amide bonds. The standard InChI is InChI=1S/C13H23NO4/c1-8-6-10(11(15)16)7-9(2)14(8)12(17)18-13(3,4)5/h8-10H,6-7H2,1-5H3,(H,15,16)/t8-,9?,10?/m0/s1. The van der Waals surface area contributed by atoms with E-state index in [1.54, 1.807) is 4.90 Å². The van der Waals surface area contributed by atoms with E-state index >= 15 is 0 Å². The van der Waals surface area contributed by atoms with Gasteiger partial charge in [-0.2, -0.15) is 0 Å². The van der Waals surface area contributed by atoms with Gasteiger partial charge in [0, 0.05) is 12.1 Å². The molecule has 104 valence electrons. The van der Waals surface area contributed by atoms with Gasteiger partial charge in [-0.3, -0.25) is 4.79 Å². The molecular weight excluding hydrogens is 234 g/mol. The van der Waals surface area contributed by atoms with E-state index in [1.165, 1.54) is 0 Å². The predicted molar refractivity (Wildman–Crippen MR) is 67.4 cm³/mol. The minimum absolute atomic E-state index is 0.107. The van der Waals surface area contributed by atoms with Gasteiger partial charge in [-0.1, -0.05) is 0 Å². The summed E-state index contributed by atoms with van der Waals surface area (Å²) in [5.41, 5.74) is -0.528. The first-order valence-corrected chi connectivity index (χ1v) is 6.36. The molecule has 0 aliphatic carbocycles. The summed E-state index contributed by atoms with van der Waals surface area (Å²) < 4.78 is 5.35. The number of likely N-dealkylation sites (tertiary alicyclic amines) is 1. The summed E-state index contributed by atoms with van der Waals surface area (Å²) in [6, 6.07) is -0.214. The predicted octanol–water partition coefficient (Wildman–Crippen LogP) is 2.50. The highest BCUT2D eigenvalue weighted by atomic mass is 16.6. The minimum atomic E-state index is -0.780. The largest absolute Gasteiger partial charge is 0.481 e. The lowest BCUT2D eigenvalue weighted by atomic mass is 9.87. The second-order valence-corrected chi connectivity index (χ2v) is 6.09. The molecule has 1 aliphatic rings. The number of carbonyl (C=O) groups is 2. The van der Waals surface area contributed by atoms with Crippen LogP contribution in [-0.4, -0.2) is 39.8 Å². The number of hydrogen-bond donors (Lipinski definition) is 1. The third-order valence-electron chi connectivity index (χ3n) is 3.15. The van der Waals surface area contributed by atoms with E-state index < -0.39 is 11.6 Å². The third-order valence-corrected chi connectivity index (χ3v) is 3.15. The van der Waals surface area contributed by atoms with Crippen LogP contribution < -0.4 is 0 Å². The van der Waals surface area contributed by atoms with Crippen molar-refractivity contribution < 1.29 is 19.4 Å². The van der Waals surface area contributed by atoms with Crippen molar-refractivity contribution in [3.63, 3.8) is 0 Å². The van der Waals surface area contributed by atoms with E-state index in [2.05, 4.69) is 0 Å². The van der Waals surface area contributed by atoms with Crippen LogP contribution in [0.1, 0.15) is 47.5 Å². The number of rotatable bonds is 1. The van der Waals surface area contributed by atoms with Gasteiger partial charge in [-0.25, -0.2) is 4.79 Å². The van der Waals surface area contributed by atoms with Crippen LogP contribution in [0.5, 0.6) is 0 Å². The molecular formula is C13H23NO4. The zero-order chi connectivity index (χ0) is 14.1. The molecule has 18 heavy (non-hydrogen) atoms. The molecule has 3 atom stereocenters. The molecule has 5 nitrogen and oxygen atoms in total. The van der Waals surface area contributed by atoms with Gasteiger partial charge >= 0.3 is 12.1 Å². The Morgan fingerprint density at radius 1 is 1.17 bits per heavy atom. The van der Waals surface area contributed by atoms with Gasteiger partial charge in [0.2, 0.25) is 0 Å². The fraction of sp³-hybridized carbons (Fsp3) is 0.846. The van der Waals surface area contributed by atoms with Crippen LogP contribution in [-0.2, 0) is 9.53 Å². The lowest BCUT2D eigenvalue weighted by Gasteiger charge is -2.41. The molecule has 1 saturated heterocycles. The summed E-state index contributed by atoms with van der Waals surface area (Å²) in [5.74, 6) is -1.15. The number of carbonyl (C=O) groups excluding carboxylic acids is 1. The maximum atomic E-state index is 12.1. The molecule has 1 aliphatic heterocycles. The Morgan fingerprint density at radius 2 is 1.61 bits per heavy atom. The van der Waals surface area contributed by atoms with Crippen LogP contribution in [0.2, 0.25) is 0 Å². The Morgan fingerprint density at radius 3 is 1.94 bits per heavy atom. The quantitative estimate of drug-likeness (QED) is 0.783. The molecule has 1 fully saturated rings. The Hall–Kier alpha value is -1.26. The zero-order valence-electron chi connectivity index (χ0n) is 11.8.